The van der Waals surface area contributed by atoms with E-state index in [2.05, 4.69) is 22.3 Å². The summed E-state index contributed by atoms with van der Waals surface area (Å²) in [5, 5.41) is 12.5. The standard InChI is InChI=1S/C26H25N3O4S/c1-2-32-26(31)24-20-12-13-29(15-18-8-4-3-5-9-18)16-22(20)34-25(24)28-23(30)17-33-21-11-7-6-10-19(21)14-27/h3-11H,2,12-13,15-17H2,1H3,(H,28,30). The second-order valence-electron chi connectivity index (χ2n) is 7.82. The van der Waals surface area contributed by atoms with Crippen molar-refractivity contribution in [3.63, 3.8) is 0 Å². The zero-order chi connectivity index (χ0) is 23.9. The molecule has 174 valence electrons. The Morgan fingerprint density at radius 3 is 2.68 bits per heavy atom. The molecule has 0 unspecified atom stereocenters. The molecule has 0 radical (unpaired) electrons. The van der Waals surface area contributed by atoms with Crippen molar-refractivity contribution in [3.8, 4) is 11.8 Å². The van der Waals surface area contributed by atoms with Crippen molar-refractivity contribution in [1.29, 1.82) is 5.26 Å². The Labute approximate surface area is 202 Å². The van der Waals surface area contributed by atoms with Crippen LogP contribution < -0.4 is 10.1 Å². The van der Waals surface area contributed by atoms with Gasteiger partial charge >= 0.3 is 5.97 Å². The molecule has 2 heterocycles. The Bertz CT molecular complexity index is 1220. The van der Waals surface area contributed by atoms with E-state index in [9.17, 15) is 14.9 Å². The van der Waals surface area contributed by atoms with Gasteiger partial charge in [-0.25, -0.2) is 4.79 Å². The Morgan fingerprint density at radius 2 is 1.91 bits per heavy atom. The number of fused-ring (bicyclic) bond motifs is 1. The zero-order valence-corrected chi connectivity index (χ0v) is 19.7. The third kappa shape index (κ3) is 5.45. The molecule has 34 heavy (non-hydrogen) atoms. The van der Waals surface area contributed by atoms with Gasteiger partial charge in [0.25, 0.3) is 5.91 Å². The first-order valence-corrected chi connectivity index (χ1v) is 11.9. The highest BCUT2D eigenvalue weighted by atomic mass is 32.1. The lowest BCUT2D eigenvalue weighted by Crippen LogP contribution is -2.30. The fourth-order valence-electron chi connectivity index (χ4n) is 3.93. The summed E-state index contributed by atoms with van der Waals surface area (Å²) in [7, 11) is 0. The second kappa shape index (κ2) is 11.0. The number of nitriles is 1. The van der Waals surface area contributed by atoms with Crippen LogP contribution in [0.1, 0.15) is 38.8 Å². The Balaban J connectivity index is 1.50. The summed E-state index contributed by atoms with van der Waals surface area (Å²) in [6, 6.07) is 19.0. The van der Waals surface area contributed by atoms with Crippen LogP contribution in [0.25, 0.3) is 0 Å². The van der Waals surface area contributed by atoms with Gasteiger partial charge < -0.3 is 14.8 Å². The molecule has 1 aromatic heterocycles. The van der Waals surface area contributed by atoms with Crippen LogP contribution in [-0.4, -0.2) is 36.5 Å². The molecule has 1 amide bonds. The van der Waals surface area contributed by atoms with Crippen LogP contribution in [0.2, 0.25) is 0 Å². The largest absolute Gasteiger partial charge is 0.482 e. The zero-order valence-electron chi connectivity index (χ0n) is 18.9. The van der Waals surface area contributed by atoms with Crippen molar-refractivity contribution in [2.24, 2.45) is 0 Å². The molecule has 1 aliphatic heterocycles. The molecular weight excluding hydrogens is 450 g/mol. The number of benzene rings is 2. The molecule has 0 atom stereocenters. The molecule has 1 aliphatic rings. The number of hydrogen-bond donors (Lipinski definition) is 1. The quantitative estimate of drug-likeness (QED) is 0.487. The highest BCUT2D eigenvalue weighted by Gasteiger charge is 2.29. The third-order valence-corrected chi connectivity index (χ3v) is 6.62. The first-order valence-electron chi connectivity index (χ1n) is 11.1. The summed E-state index contributed by atoms with van der Waals surface area (Å²) in [6.45, 7) is 4.07. The van der Waals surface area contributed by atoms with E-state index in [4.69, 9.17) is 9.47 Å². The number of rotatable bonds is 8. The fraction of sp³-hybridized carbons (Fsp3) is 0.269. The van der Waals surface area contributed by atoms with Crippen LogP contribution in [-0.2, 0) is 29.0 Å². The molecular formula is C26H25N3O4S. The summed E-state index contributed by atoms with van der Waals surface area (Å²) in [4.78, 5) is 28.8. The van der Waals surface area contributed by atoms with E-state index in [-0.39, 0.29) is 13.2 Å². The maximum absolute atomic E-state index is 12.8. The van der Waals surface area contributed by atoms with Crippen molar-refractivity contribution >= 4 is 28.2 Å². The van der Waals surface area contributed by atoms with E-state index < -0.39 is 11.9 Å². The molecule has 2 aromatic carbocycles. The lowest BCUT2D eigenvalue weighted by molar-refractivity contribution is -0.118. The lowest BCUT2D eigenvalue weighted by atomic mass is 10.0. The molecule has 8 heteroatoms. The van der Waals surface area contributed by atoms with E-state index >= 15 is 0 Å². The maximum Gasteiger partial charge on any atom is 0.341 e. The van der Waals surface area contributed by atoms with Gasteiger partial charge in [-0.2, -0.15) is 5.26 Å². The van der Waals surface area contributed by atoms with Crippen molar-refractivity contribution in [3.05, 3.63) is 81.7 Å². The van der Waals surface area contributed by atoms with Crippen LogP contribution in [0.4, 0.5) is 5.00 Å². The molecule has 0 bridgehead atoms. The fourth-order valence-corrected chi connectivity index (χ4v) is 5.23. The molecule has 0 aliphatic carbocycles. The molecule has 7 nitrogen and oxygen atoms in total. The smallest absolute Gasteiger partial charge is 0.341 e. The van der Waals surface area contributed by atoms with Crippen LogP contribution in [0, 0.1) is 11.3 Å². The van der Waals surface area contributed by atoms with E-state index in [1.54, 1.807) is 31.2 Å². The first-order chi connectivity index (χ1) is 16.6. The number of amides is 1. The monoisotopic (exact) mass is 475 g/mol. The lowest BCUT2D eigenvalue weighted by Gasteiger charge is -2.27. The molecule has 0 saturated carbocycles. The van der Waals surface area contributed by atoms with Crippen molar-refractivity contribution in [1.82, 2.24) is 4.90 Å². The van der Waals surface area contributed by atoms with E-state index in [1.807, 2.05) is 24.3 Å². The molecule has 1 N–H and O–H groups in total. The van der Waals surface area contributed by atoms with Gasteiger partial charge in [-0.15, -0.1) is 11.3 Å². The van der Waals surface area contributed by atoms with E-state index in [0.717, 1.165) is 23.5 Å². The number of carbonyl (C=O) groups excluding carboxylic acids is 2. The van der Waals surface area contributed by atoms with Gasteiger partial charge in [-0.05, 0) is 36.6 Å². The predicted octanol–water partition coefficient (Wildman–Crippen LogP) is 4.37. The SMILES string of the molecule is CCOC(=O)c1c(NC(=O)COc2ccccc2C#N)sc2c1CCN(Cc1ccccc1)C2. The van der Waals surface area contributed by atoms with Crippen LogP contribution in [0.15, 0.2) is 54.6 Å². The van der Waals surface area contributed by atoms with Crippen LogP contribution >= 0.6 is 11.3 Å². The third-order valence-electron chi connectivity index (χ3n) is 5.48. The minimum absolute atomic E-state index is 0.255. The van der Waals surface area contributed by atoms with Gasteiger partial charge in [-0.1, -0.05) is 42.5 Å². The van der Waals surface area contributed by atoms with E-state index in [1.165, 1.54) is 16.9 Å². The molecule has 3 aromatic rings. The number of anilines is 1. The van der Waals surface area contributed by atoms with Crippen molar-refractivity contribution < 1.29 is 19.1 Å². The van der Waals surface area contributed by atoms with Gasteiger partial charge in [0.1, 0.15) is 16.8 Å². The minimum atomic E-state index is -0.428. The highest BCUT2D eigenvalue weighted by molar-refractivity contribution is 7.17. The summed E-state index contributed by atoms with van der Waals surface area (Å²) in [5.74, 6) is -0.492. The maximum atomic E-state index is 12.8. The number of thiophene rings is 1. The van der Waals surface area contributed by atoms with Gasteiger partial charge in [-0.3, -0.25) is 9.69 Å². The average Bonchev–Trinajstić information content (AvgIpc) is 3.20. The second-order valence-corrected chi connectivity index (χ2v) is 8.92. The summed E-state index contributed by atoms with van der Waals surface area (Å²) in [5.41, 5.74) is 2.97. The number of nitrogens with zero attached hydrogens (tertiary/aromatic N) is 2. The van der Waals surface area contributed by atoms with Gasteiger partial charge in [0.15, 0.2) is 6.61 Å². The molecule has 4 rings (SSSR count). The van der Waals surface area contributed by atoms with E-state index in [0.29, 0.717) is 34.8 Å². The Morgan fingerprint density at radius 1 is 1.15 bits per heavy atom. The van der Waals surface area contributed by atoms with Crippen molar-refractivity contribution in [2.75, 3.05) is 25.1 Å². The minimum Gasteiger partial charge on any atom is -0.482 e. The van der Waals surface area contributed by atoms with Crippen molar-refractivity contribution in [2.45, 2.75) is 26.4 Å². The number of nitrogens with one attached hydrogen (secondary N) is 1. The first kappa shape index (κ1) is 23.5. The molecule has 0 fully saturated rings. The molecule has 0 saturated heterocycles. The summed E-state index contributed by atoms with van der Waals surface area (Å²) in [6.07, 6.45) is 0.703. The number of carbonyl (C=O) groups is 2. The summed E-state index contributed by atoms with van der Waals surface area (Å²) >= 11 is 1.41. The Hall–Kier alpha value is -3.67. The average molecular weight is 476 g/mol. The highest BCUT2D eigenvalue weighted by Crippen LogP contribution is 2.38. The summed E-state index contributed by atoms with van der Waals surface area (Å²) < 4.78 is 10.8. The predicted molar refractivity (Wildman–Crippen MR) is 130 cm³/mol. The molecule has 0 spiro atoms. The van der Waals surface area contributed by atoms with Gasteiger partial charge in [0.05, 0.1) is 17.7 Å². The number of para-hydroxylation sites is 1. The Kier molecular flexibility index (Phi) is 7.58. The number of ether oxygens (including phenoxy) is 2. The van der Waals surface area contributed by atoms with Crippen LogP contribution in [0.5, 0.6) is 5.75 Å². The normalized spacial score (nSPS) is 12.9. The number of hydrogen-bond acceptors (Lipinski definition) is 7. The topological polar surface area (TPSA) is 91.7 Å². The number of esters is 1. The van der Waals surface area contributed by atoms with Gasteiger partial charge in [0.2, 0.25) is 0 Å². The van der Waals surface area contributed by atoms with Crippen LogP contribution in [0.3, 0.4) is 0 Å². The van der Waals surface area contributed by atoms with Gasteiger partial charge in [0, 0.05) is 24.5 Å².